The van der Waals surface area contributed by atoms with Crippen LogP contribution in [0.15, 0.2) is 4.99 Å². The largest absolute Gasteiger partial charge is 0.480 e. The van der Waals surface area contributed by atoms with Gasteiger partial charge in [-0.2, -0.15) is 12.6 Å². The van der Waals surface area contributed by atoms with Crippen LogP contribution in [0.1, 0.15) is 0 Å². The summed E-state index contributed by atoms with van der Waals surface area (Å²) in [5, 5.41) is 8.35. The Bertz CT molecular complexity index is 157. The molecule has 0 bridgehead atoms. The summed E-state index contributed by atoms with van der Waals surface area (Å²) in [5.74, 6) is -1.01. The van der Waals surface area contributed by atoms with Crippen molar-refractivity contribution in [1.29, 1.82) is 0 Å². The smallest absolute Gasteiger partial charge is 0.329 e. The van der Waals surface area contributed by atoms with E-state index in [2.05, 4.69) is 17.6 Å². The van der Waals surface area contributed by atoms with Crippen molar-refractivity contribution in [2.75, 3.05) is 5.75 Å². The van der Waals surface area contributed by atoms with Crippen molar-refractivity contribution in [3.63, 3.8) is 0 Å². The summed E-state index contributed by atoms with van der Waals surface area (Å²) < 4.78 is -0.290. The zero-order chi connectivity index (χ0) is 8.15. The first kappa shape index (κ1) is 10.1. The van der Waals surface area contributed by atoms with Gasteiger partial charge in [0.05, 0.1) is 0 Å². The molecular weight excluding hydrogens is 197 g/mol. The van der Waals surface area contributed by atoms with Crippen molar-refractivity contribution in [2.24, 2.45) is 4.99 Å². The quantitative estimate of drug-likeness (QED) is 0.533. The highest BCUT2D eigenvalue weighted by atomic mass is 35.5. The summed E-state index contributed by atoms with van der Waals surface area (Å²) in [4.78, 5) is 13.6. The van der Waals surface area contributed by atoms with E-state index in [9.17, 15) is 4.79 Å². The molecule has 1 unspecified atom stereocenters. The summed E-state index contributed by atoms with van der Waals surface area (Å²) in [6, 6.07) is -0.951. The lowest BCUT2D eigenvalue weighted by Crippen LogP contribution is -2.19. The Morgan fingerprint density at radius 2 is 2.20 bits per heavy atom. The number of hydrogen-bond donors (Lipinski definition) is 2. The summed E-state index contributed by atoms with van der Waals surface area (Å²) in [6.45, 7) is 0. The number of thiol groups is 1. The van der Waals surface area contributed by atoms with Crippen molar-refractivity contribution in [2.45, 2.75) is 6.04 Å². The van der Waals surface area contributed by atoms with Crippen molar-refractivity contribution in [1.82, 2.24) is 0 Å². The number of nitrogens with zero attached hydrogens (tertiary/aromatic N) is 1. The highest BCUT2D eigenvalue weighted by molar-refractivity contribution is 7.80. The second kappa shape index (κ2) is 4.82. The standard InChI is InChI=1S/C4H5Cl2NO2S/c5-4(6)7-2(1-10)3(8)9/h2,10H,1H2,(H,8,9). The van der Waals surface area contributed by atoms with Gasteiger partial charge >= 0.3 is 5.97 Å². The fourth-order valence-corrected chi connectivity index (χ4v) is 0.765. The second-order valence-electron chi connectivity index (χ2n) is 1.41. The molecule has 0 amide bonds. The summed E-state index contributed by atoms with van der Waals surface area (Å²) in [6.07, 6.45) is 0. The van der Waals surface area contributed by atoms with Gasteiger partial charge in [-0.1, -0.05) is 0 Å². The molecule has 10 heavy (non-hydrogen) atoms. The van der Waals surface area contributed by atoms with Gasteiger partial charge in [0.2, 0.25) is 0 Å². The zero-order valence-electron chi connectivity index (χ0n) is 4.79. The van der Waals surface area contributed by atoms with Gasteiger partial charge in [0.25, 0.3) is 0 Å². The van der Waals surface area contributed by atoms with Crippen LogP contribution in [0.3, 0.4) is 0 Å². The Labute approximate surface area is 73.4 Å². The number of carboxylic acid groups (broad SMARTS) is 1. The average molecular weight is 202 g/mol. The van der Waals surface area contributed by atoms with Crippen molar-refractivity contribution >= 4 is 46.4 Å². The maximum Gasteiger partial charge on any atom is 0.329 e. The summed E-state index contributed by atoms with van der Waals surface area (Å²) in [7, 11) is 0. The van der Waals surface area contributed by atoms with Gasteiger partial charge in [-0.05, 0) is 23.2 Å². The third kappa shape index (κ3) is 3.98. The van der Waals surface area contributed by atoms with E-state index in [1.807, 2.05) is 0 Å². The third-order valence-electron chi connectivity index (χ3n) is 0.711. The highest BCUT2D eigenvalue weighted by Crippen LogP contribution is 2.00. The molecule has 0 aromatic carbocycles. The maximum atomic E-state index is 10.2. The second-order valence-corrected chi connectivity index (χ2v) is 2.68. The number of aliphatic imine (C=N–C) groups is 1. The van der Waals surface area contributed by atoms with Gasteiger partial charge in [0.1, 0.15) is 0 Å². The number of hydrogen-bond acceptors (Lipinski definition) is 3. The number of carbonyl (C=O) groups is 1. The molecule has 1 N–H and O–H groups in total. The predicted molar refractivity (Wildman–Crippen MR) is 44.4 cm³/mol. The van der Waals surface area contributed by atoms with Gasteiger partial charge in [-0.15, -0.1) is 0 Å². The van der Waals surface area contributed by atoms with Crippen LogP contribution < -0.4 is 0 Å². The zero-order valence-corrected chi connectivity index (χ0v) is 7.20. The molecule has 0 aliphatic heterocycles. The van der Waals surface area contributed by atoms with Gasteiger partial charge in [-0.25, -0.2) is 9.79 Å². The fourth-order valence-electron chi connectivity index (χ4n) is 0.292. The molecule has 0 radical (unpaired) electrons. The topological polar surface area (TPSA) is 49.7 Å². The van der Waals surface area contributed by atoms with E-state index in [-0.39, 0.29) is 10.4 Å². The Hall–Kier alpha value is 0.0700. The van der Waals surface area contributed by atoms with E-state index >= 15 is 0 Å². The molecule has 58 valence electrons. The van der Waals surface area contributed by atoms with Crippen LogP contribution >= 0.6 is 35.8 Å². The fraction of sp³-hybridized carbons (Fsp3) is 0.500. The Balaban J connectivity index is 4.09. The van der Waals surface area contributed by atoms with Gasteiger partial charge in [0.15, 0.2) is 10.7 Å². The number of carboxylic acids is 1. The third-order valence-corrected chi connectivity index (χ3v) is 1.25. The Kier molecular flexibility index (Phi) is 4.85. The molecule has 0 aliphatic rings. The van der Waals surface area contributed by atoms with Gasteiger partial charge in [0, 0.05) is 5.75 Å². The van der Waals surface area contributed by atoms with E-state index in [0.29, 0.717) is 0 Å². The number of aliphatic carboxylic acids is 1. The minimum atomic E-state index is -1.09. The first-order valence-corrected chi connectivity index (χ1v) is 3.69. The average Bonchev–Trinajstić information content (AvgIpc) is 1.81. The maximum absolute atomic E-state index is 10.2. The minimum Gasteiger partial charge on any atom is -0.480 e. The normalized spacial score (nSPS) is 12.3. The summed E-state index contributed by atoms with van der Waals surface area (Å²) in [5.41, 5.74) is 0. The Morgan fingerprint density at radius 1 is 1.70 bits per heavy atom. The lowest BCUT2D eigenvalue weighted by molar-refractivity contribution is -0.137. The summed E-state index contributed by atoms with van der Waals surface area (Å²) >= 11 is 14.0. The molecule has 6 heteroatoms. The molecule has 0 spiro atoms. The predicted octanol–water partition coefficient (Wildman–Crippen LogP) is 1.20. The molecule has 1 atom stereocenters. The lowest BCUT2D eigenvalue weighted by atomic mass is 10.4. The highest BCUT2D eigenvalue weighted by Gasteiger charge is 2.13. The Morgan fingerprint density at radius 3 is 2.30 bits per heavy atom. The molecule has 0 aliphatic carbocycles. The number of halogens is 2. The SMILES string of the molecule is O=C(O)C(CS)N=C(Cl)Cl. The molecule has 0 saturated heterocycles. The number of rotatable bonds is 3. The molecule has 0 rings (SSSR count). The van der Waals surface area contributed by atoms with Crippen molar-refractivity contribution in [3.05, 3.63) is 0 Å². The first-order valence-electron chi connectivity index (χ1n) is 2.30. The van der Waals surface area contributed by atoms with E-state index in [0.717, 1.165) is 0 Å². The van der Waals surface area contributed by atoms with Crippen LogP contribution in [0, 0.1) is 0 Å². The van der Waals surface area contributed by atoms with E-state index in [4.69, 9.17) is 28.3 Å². The van der Waals surface area contributed by atoms with Crippen LogP contribution in [-0.2, 0) is 4.79 Å². The van der Waals surface area contributed by atoms with E-state index in [1.54, 1.807) is 0 Å². The van der Waals surface area contributed by atoms with Crippen LogP contribution in [0.2, 0.25) is 0 Å². The van der Waals surface area contributed by atoms with Crippen LogP contribution in [0.25, 0.3) is 0 Å². The van der Waals surface area contributed by atoms with Crippen LogP contribution in [0.5, 0.6) is 0 Å². The molecule has 0 fully saturated rings. The lowest BCUT2D eigenvalue weighted by Gasteiger charge is -2.00. The molecule has 0 heterocycles. The van der Waals surface area contributed by atoms with Gasteiger partial charge in [-0.3, -0.25) is 0 Å². The van der Waals surface area contributed by atoms with Crippen LogP contribution in [-0.4, -0.2) is 27.5 Å². The molecule has 0 aromatic heterocycles. The van der Waals surface area contributed by atoms with E-state index < -0.39 is 12.0 Å². The van der Waals surface area contributed by atoms with Crippen molar-refractivity contribution < 1.29 is 9.90 Å². The van der Waals surface area contributed by atoms with E-state index in [1.165, 1.54) is 0 Å². The first-order chi connectivity index (χ1) is 4.57. The molecule has 0 saturated carbocycles. The molecule has 3 nitrogen and oxygen atoms in total. The minimum absolute atomic E-state index is 0.0816. The molecule has 0 aromatic rings. The van der Waals surface area contributed by atoms with Gasteiger partial charge < -0.3 is 5.11 Å². The van der Waals surface area contributed by atoms with Crippen LogP contribution in [0.4, 0.5) is 0 Å². The van der Waals surface area contributed by atoms with Crippen molar-refractivity contribution in [3.8, 4) is 0 Å². The monoisotopic (exact) mass is 201 g/mol. The molecular formula is C4H5Cl2NO2S.